The minimum absolute atomic E-state index is 0. The number of fused-ring (bicyclic) bond motifs is 2. The van der Waals surface area contributed by atoms with Crippen LogP contribution in [0.5, 0.6) is 11.5 Å². The van der Waals surface area contributed by atoms with Gasteiger partial charge in [-0.25, -0.2) is 0 Å². The molecule has 10 rings (SSSR count). The molecule has 1 N–H and O–H groups in total. The third kappa shape index (κ3) is 13.8. The number of carbonyl (C=O) groups is 3. The Morgan fingerprint density at radius 1 is 0.513 bits per heavy atom. The minimum Gasteiger partial charge on any atom is -0.548 e. The zero-order valence-electron chi connectivity index (χ0n) is 44.2. The fourth-order valence-electron chi connectivity index (χ4n) is 10.1. The second kappa shape index (κ2) is 27.5. The Labute approximate surface area is 470 Å². The van der Waals surface area contributed by atoms with Crippen molar-refractivity contribution < 1.29 is 63.6 Å². The first kappa shape index (κ1) is 56.5. The molecule has 2 aliphatic rings. The van der Waals surface area contributed by atoms with Crippen LogP contribution in [0.15, 0.2) is 206 Å². The summed E-state index contributed by atoms with van der Waals surface area (Å²) < 4.78 is 12.6. The molecule has 0 fully saturated rings. The Hall–Kier alpha value is -7.27. The van der Waals surface area contributed by atoms with Crippen LogP contribution in [0, 0.1) is 13.8 Å². The van der Waals surface area contributed by atoms with Crippen molar-refractivity contribution >= 4 is 17.8 Å². The summed E-state index contributed by atoms with van der Waals surface area (Å²) in [5.74, 6) is -0.673. The molecule has 0 unspecified atom stereocenters. The van der Waals surface area contributed by atoms with Gasteiger partial charge in [0.25, 0.3) is 0 Å². The van der Waals surface area contributed by atoms with Crippen LogP contribution in [0.1, 0.15) is 92.4 Å². The molecule has 0 aromatic heterocycles. The zero-order chi connectivity index (χ0) is 52.7. The van der Waals surface area contributed by atoms with Crippen LogP contribution in [0.25, 0.3) is 0 Å². The van der Waals surface area contributed by atoms with Crippen LogP contribution in [0.4, 0.5) is 0 Å². The zero-order valence-corrected chi connectivity index (χ0v) is 46.2. The minimum atomic E-state index is -1.27. The standard InChI is InChI=1S/C32H29NO4.C32H31NO2.C2H6O.Na/c1-22-17-18-26-20-33(31(34)29(24-13-7-3-8-14-24)25-15-9-4-10-16-25)28(32(35)36)19-27(26)30(22)37-21-23-11-5-2-6-12-23;1-23-18-19-28-21-33(24(2)20-29(28)31(23)35-22-25-12-6-3-7-13-25)32(34)30(26-14-8-4-9-15-26)27-16-10-5-11-17-27;1-2-3;/h2-18,28-29H,19-21H2,1H3,(H,35,36);3-19,24,30H,20-22H2,1-2H3;3H,2H2,1H3;/q;;;+1/p-1/t28-;24-;;/m01../s1. The van der Waals surface area contributed by atoms with Crippen LogP contribution in [-0.4, -0.2) is 51.4 Å². The van der Waals surface area contributed by atoms with Crippen molar-refractivity contribution in [2.45, 2.75) is 90.8 Å². The molecule has 0 saturated heterocycles. The van der Waals surface area contributed by atoms with Crippen LogP contribution in [0.3, 0.4) is 0 Å². The predicted octanol–water partition coefficient (Wildman–Crippen LogP) is 8.09. The normalized spacial score (nSPS) is 14.4. The predicted molar refractivity (Wildman–Crippen MR) is 293 cm³/mol. The number of ether oxygens (including phenoxy) is 2. The SMILES string of the molecule is CCO.Cc1ccc2c(c1OCc1ccccc1)C[C@@H](C(=O)[O-])N(C(=O)C(c1ccccc1)c1ccccc1)C2.Cc1ccc2c(c1OCc1ccccc1)C[C@@H](C)N(C(=O)C(c1ccccc1)c1ccccc1)C2.[Na+]. The van der Waals surface area contributed by atoms with E-state index in [4.69, 9.17) is 14.6 Å². The fourth-order valence-corrected chi connectivity index (χ4v) is 10.1. The van der Waals surface area contributed by atoms with E-state index in [1.807, 2.05) is 170 Å². The number of hydrogen-bond donors (Lipinski definition) is 1. The maximum Gasteiger partial charge on any atom is 1.00 e. The van der Waals surface area contributed by atoms with E-state index in [0.717, 1.165) is 67.8 Å². The van der Waals surface area contributed by atoms with Gasteiger partial charge in [0.1, 0.15) is 24.7 Å². The van der Waals surface area contributed by atoms with Gasteiger partial charge in [0.15, 0.2) is 0 Å². The average molecular weight is 1020 g/mol. The third-order valence-corrected chi connectivity index (χ3v) is 13.9. The molecule has 2 aliphatic heterocycles. The Morgan fingerprint density at radius 3 is 1.18 bits per heavy atom. The largest absolute Gasteiger partial charge is 1.00 e. The van der Waals surface area contributed by atoms with E-state index >= 15 is 0 Å². The van der Waals surface area contributed by atoms with Crippen molar-refractivity contribution in [1.82, 2.24) is 9.80 Å². The van der Waals surface area contributed by atoms with Crippen molar-refractivity contribution in [3.63, 3.8) is 0 Å². The Balaban J connectivity index is 0.000000208. The van der Waals surface area contributed by atoms with Gasteiger partial charge in [-0.1, -0.05) is 206 Å². The summed E-state index contributed by atoms with van der Waals surface area (Å²) in [6.07, 6.45) is 0.911. The van der Waals surface area contributed by atoms with Gasteiger partial charge in [-0.15, -0.1) is 0 Å². The summed E-state index contributed by atoms with van der Waals surface area (Å²) in [5, 5.41) is 20.0. The van der Waals surface area contributed by atoms with E-state index in [2.05, 4.69) is 62.4 Å². The molecule has 2 heterocycles. The number of aryl methyl sites for hydroxylation is 2. The first-order valence-electron chi connectivity index (χ1n) is 25.7. The number of carbonyl (C=O) groups excluding carboxylic acids is 3. The molecule has 0 saturated carbocycles. The number of aliphatic hydroxyl groups is 1. The monoisotopic (exact) mass is 1020 g/mol. The summed E-state index contributed by atoms with van der Waals surface area (Å²) in [6.45, 7) is 9.81. The summed E-state index contributed by atoms with van der Waals surface area (Å²) >= 11 is 0. The van der Waals surface area contributed by atoms with E-state index in [-0.39, 0.29) is 72.9 Å². The molecule has 0 radical (unpaired) electrons. The number of hydrogen-bond acceptors (Lipinski definition) is 7. The van der Waals surface area contributed by atoms with E-state index in [1.165, 1.54) is 16.0 Å². The first-order chi connectivity index (χ1) is 36.6. The van der Waals surface area contributed by atoms with E-state index in [1.54, 1.807) is 6.92 Å². The molecule has 76 heavy (non-hydrogen) atoms. The number of rotatable bonds is 13. The molecule has 9 nitrogen and oxygen atoms in total. The van der Waals surface area contributed by atoms with Gasteiger partial charge in [-0.3, -0.25) is 9.59 Å². The molecule has 0 aliphatic carbocycles. The van der Waals surface area contributed by atoms with Crippen molar-refractivity contribution in [3.05, 3.63) is 273 Å². The molecule has 8 aromatic rings. The summed E-state index contributed by atoms with van der Waals surface area (Å²) in [5.41, 5.74) is 12.0. The molecule has 0 bridgehead atoms. The number of aliphatic hydroxyl groups excluding tert-OH is 1. The van der Waals surface area contributed by atoms with E-state index < -0.39 is 17.9 Å². The van der Waals surface area contributed by atoms with Crippen LogP contribution in [-0.2, 0) is 53.5 Å². The van der Waals surface area contributed by atoms with Crippen LogP contribution in [0.2, 0.25) is 0 Å². The quantitative estimate of drug-likeness (QED) is 0.116. The Kier molecular flexibility index (Phi) is 20.4. The summed E-state index contributed by atoms with van der Waals surface area (Å²) in [7, 11) is 0. The topological polar surface area (TPSA) is 119 Å². The summed E-state index contributed by atoms with van der Waals surface area (Å²) in [6, 6.07) is 66.5. The number of aliphatic carboxylic acids is 1. The van der Waals surface area contributed by atoms with Gasteiger partial charge in [0.05, 0.1) is 23.8 Å². The molecule has 2 atom stereocenters. The molecular formula is C66H65N2NaO7. The van der Waals surface area contributed by atoms with Crippen molar-refractivity contribution in [2.75, 3.05) is 6.61 Å². The van der Waals surface area contributed by atoms with E-state index in [9.17, 15) is 19.5 Å². The second-order valence-corrected chi connectivity index (χ2v) is 19.1. The van der Waals surface area contributed by atoms with Crippen molar-refractivity contribution in [1.29, 1.82) is 0 Å². The van der Waals surface area contributed by atoms with Gasteiger partial charge in [0.2, 0.25) is 11.8 Å². The maximum absolute atomic E-state index is 14.1. The number of nitrogens with zero attached hydrogens (tertiary/aromatic N) is 2. The van der Waals surface area contributed by atoms with Gasteiger partial charge in [-0.2, -0.15) is 0 Å². The third-order valence-electron chi connectivity index (χ3n) is 13.9. The molecular weight excluding hydrogens is 956 g/mol. The number of benzene rings is 8. The smallest absolute Gasteiger partial charge is 0.548 e. The van der Waals surface area contributed by atoms with Crippen LogP contribution < -0.4 is 44.1 Å². The fraction of sp³-hybridized carbons (Fsp3) is 0.227. The van der Waals surface area contributed by atoms with E-state index in [0.29, 0.717) is 25.5 Å². The van der Waals surface area contributed by atoms with Gasteiger partial charge in [-0.05, 0) is 89.8 Å². The first-order valence-corrected chi connectivity index (χ1v) is 25.7. The molecule has 0 spiro atoms. The van der Waals surface area contributed by atoms with Crippen LogP contribution >= 0.6 is 0 Å². The number of carboxylic acids is 1. The summed E-state index contributed by atoms with van der Waals surface area (Å²) in [4.78, 5) is 44.1. The number of amides is 2. The van der Waals surface area contributed by atoms with Gasteiger partial charge >= 0.3 is 29.6 Å². The van der Waals surface area contributed by atoms with Crippen molar-refractivity contribution in [2.24, 2.45) is 0 Å². The molecule has 10 heteroatoms. The average Bonchev–Trinajstić information content (AvgIpc) is 3.45. The molecule has 2 amide bonds. The van der Waals surface area contributed by atoms with Crippen molar-refractivity contribution in [3.8, 4) is 11.5 Å². The molecule has 382 valence electrons. The number of carboxylic acid groups (broad SMARTS) is 1. The Morgan fingerprint density at radius 2 is 0.829 bits per heavy atom. The Bertz CT molecular complexity index is 3050. The maximum atomic E-state index is 14.1. The van der Waals surface area contributed by atoms with Gasteiger partial charge in [0, 0.05) is 43.3 Å². The molecule has 8 aromatic carbocycles. The van der Waals surface area contributed by atoms with Gasteiger partial charge < -0.3 is 34.3 Å². The second-order valence-electron chi connectivity index (χ2n) is 19.1.